The summed E-state index contributed by atoms with van der Waals surface area (Å²) < 4.78 is 0. The molecule has 0 amide bonds. The molecule has 1 aromatic carbocycles. The second-order valence-electron chi connectivity index (χ2n) is 4.79. The smallest absolute Gasteiger partial charge is 0.0512 e. The molecule has 2 N–H and O–H groups in total. The highest BCUT2D eigenvalue weighted by atomic mass is 35.5. The average molecular weight is 254 g/mol. The molecule has 1 aliphatic carbocycles. The summed E-state index contributed by atoms with van der Waals surface area (Å²) in [6.45, 7) is 0.953. The summed E-state index contributed by atoms with van der Waals surface area (Å²) in [6.07, 6.45) is 5.18. The number of halogens is 1. The van der Waals surface area contributed by atoms with Crippen molar-refractivity contribution in [2.75, 3.05) is 13.2 Å². The monoisotopic (exact) mass is 253 g/mol. The number of hydrogen-bond donors (Lipinski definition) is 2. The van der Waals surface area contributed by atoms with Gasteiger partial charge >= 0.3 is 0 Å². The Balaban J connectivity index is 1.94. The standard InChI is InChI=1S/C14H20ClNO/c15-14-8-4-3-7-13(14)11(10-17)9-16-12-5-1-2-6-12/h3-4,7-8,11-12,16-17H,1-2,5-6,9-10H2. The Morgan fingerprint density at radius 1 is 1.29 bits per heavy atom. The van der Waals surface area contributed by atoms with Gasteiger partial charge in [0.05, 0.1) is 6.61 Å². The molecular weight excluding hydrogens is 234 g/mol. The maximum atomic E-state index is 9.48. The van der Waals surface area contributed by atoms with Crippen molar-refractivity contribution in [3.63, 3.8) is 0 Å². The van der Waals surface area contributed by atoms with Crippen LogP contribution in [0.15, 0.2) is 24.3 Å². The van der Waals surface area contributed by atoms with Crippen LogP contribution in [0.25, 0.3) is 0 Å². The Morgan fingerprint density at radius 2 is 2.00 bits per heavy atom. The average Bonchev–Trinajstić information content (AvgIpc) is 2.85. The van der Waals surface area contributed by atoms with Gasteiger partial charge in [0, 0.05) is 23.5 Å². The number of nitrogens with one attached hydrogen (secondary N) is 1. The van der Waals surface area contributed by atoms with Crippen LogP contribution in [0.2, 0.25) is 5.02 Å². The number of benzene rings is 1. The van der Waals surface area contributed by atoms with E-state index in [9.17, 15) is 5.11 Å². The molecule has 17 heavy (non-hydrogen) atoms. The van der Waals surface area contributed by atoms with E-state index in [0.717, 1.165) is 17.1 Å². The molecule has 1 atom stereocenters. The van der Waals surface area contributed by atoms with Gasteiger partial charge in [0.2, 0.25) is 0 Å². The SMILES string of the molecule is OCC(CNC1CCCC1)c1ccccc1Cl. The molecule has 0 bridgehead atoms. The van der Waals surface area contributed by atoms with Crippen molar-refractivity contribution in [3.8, 4) is 0 Å². The lowest BCUT2D eigenvalue weighted by molar-refractivity contribution is 0.258. The van der Waals surface area contributed by atoms with Crippen molar-refractivity contribution in [3.05, 3.63) is 34.9 Å². The minimum absolute atomic E-state index is 0.101. The minimum Gasteiger partial charge on any atom is -0.396 e. The number of aliphatic hydroxyl groups is 1. The lowest BCUT2D eigenvalue weighted by Gasteiger charge is -2.19. The van der Waals surface area contributed by atoms with Gasteiger partial charge < -0.3 is 10.4 Å². The van der Waals surface area contributed by atoms with Crippen molar-refractivity contribution >= 4 is 11.6 Å². The summed E-state index contributed by atoms with van der Waals surface area (Å²) in [4.78, 5) is 0. The van der Waals surface area contributed by atoms with Gasteiger partial charge in [0.1, 0.15) is 0 Å². The third-order valence-corrected chi connectivity index (χ3v) is 3.92. The minimum atomic E-state index is 0.101. The highest BCUT2D eigenvalue weighted by molar-refractivity contribution is 6.31. The first-order valence-corrected chi connectivity index (χ1v) is 6.77. The first-order valence-electron chi connectivity index (χ1n) is 6.40. The van der Waals surface area contributed by atoms with Crippen LogP contribution in [0.1, 0.15) is 37.2 Å². The molecule has 1 fully saturated rings. The van der Waals surface area contributed by atoms with Gasteiger partial charge in [-0.1, -0.05) is 42.6 Å². The Morgan fingerprint density at radius 3 is 2.65 bits per heavy atom. The molecule has 0 aromatic heterocycles. The second-order valence-corrected chi connectivity index (χ2v) is 5.20. The molecule has 1 aromatic rings. The zero-order chi connectivity index (χ0) is 12.1. The van der Waals surface area contributed by atoms with Crippen LogP contribution in [0.5, 0.6) is 0 Å². The Hall–Kier alpha value is -0.570. The summed E-state index contributed by atoms with van der Waals surface area (Å²) in [5.41, 5.74) is 1.04. The maximum Gasteiger partial charge on any atom is 0.0512 e. The van der Waals surface area contributed by atoms with Gasteiger partial charge in [-0.3, -0.25) is 0 Å². The molecule has 1 aliphatic rings. The highest BCUT2D eigenvalue weighted by Crippen LogP contribution is 2.24. The van der Waals surface area contributed by atoms with E-state index < -0.39 is 0 Å². The summed E-state index contributed by atoms with van der Waals surface area (Å²) in [5, 5.41) is 13.8. The third-order valence-electron chi connectivity index (χ3n) is 3.57. The van der Waals surface area contributed by atoms with Crippen LogP contribution < -0.4 is 5.32 Å². The first-order chi connectivity index (χ1) is 8.31. The van der Waals surface area contributed by atoms with E-state index in [1.54, 1.807) is 0 Å². The van der Waals surface area contributed by atoms with E-state index in [2.05, 4.69) is 5.32 Å². The highest BCUT2D eigenvalue weighted by Gasteiger charge is 2.18. The summed E-state index contributed by atoms with van der Waals surface area (Å²) in [7, 11) is 0. The lowest BCUT2D eigenvalue weighted by atomic mass is 9.99. The first kappa shape index (κ1) is 12.9. The van der Waals surface area contributed by atoms with E-state index >= 15 is 0 Å². The molecule has 0 radical (unpaired) electrons. The van der Waals surface area contributed by atoms with Crippen LogP contribution in [0.3, 0.4) is 0 Å². The second kappa shape index (κ2) is 6.39. The Labute approximate surface area is 108 Å². The normalized spacial score (nSPS) is 18.5. The molecule has 0 spiro atoms. The van der Waals surface area contributed by atoms with Gasteiger partial charge in [0.25, 0.3) is 0 Å². The Kier molecular flexibility index (Phi) is 4.84. The molecule has 2 rings (SSSR count). The van der Waals surface area contributed by atoms with Crippen molar-refractivity contribution in [1.82, 2.24) is 5.32 Å². The largest absolute Gasteiger partial charge is 0.396 e. The molecular formula is C14H20ClNO. The van der Waals surface area contributed by atoms with E-state index in [0.29, 0.717) is 6.04 Å². The summed E-state index contributed by atoms with van der Waals surface area (Å²) >= 11 is 6.15. The van der Waals surface area contributed by atoms with Crippen molar-refractivity contribution in [2.24, 2.45) is 0 Å². The number of hydrogen-bond acceptors (Lipinski definition) is 2. The molecule has 0 saturated heterocycles. The summed E-state index contributed by atoms with van der Waals surface area (Å²) in [6, 6.07) is 8.41. The quantitative estimate of drug-likeness (QED) is 0.846. The van der Waals surface area contributed by atoms with Gasteiger partial charge in [-0.2, -0.15) is 0 Å². The fourth-order valence-corrected chi connectivity index (χ4v) is 2.81. The molecule has 1 saturated carbocycles. The van der Waals surface area contributed by atoms with Crippen LogP contribution in [0.4, 0.5) is 0 Å². The molecule has 0 aliphatic heterocycles. The van der Waals surface area contributed by atoms with Crippen molar-refractivity contribution in [1.29, 1.82) is 0 Å². The fraction of sp³-hybridized carbons (Fsp3) is 0.571. The van der Waals surface area contributed by atoms with E-state index in [4.69, 9.17) is 11.6 Å². The molecule has 1 unspecified atom stereocenters. The lowest BCUT2D eigenvalue weighted by Crippen LogP contribution is -2.31. The predicted octanol–water partition coefficient (Wildman–Crippen LogP) is 2.95. The van der Waals surface area contributed by atoms with Gasteiger partial charge in [-0.25, -0.2) is 0 Å². The van der Waals surface area contributed by atoms with E-state index in [-0.39, 0.29) is 12.5 Å². The molecule has 2 nitrogen and oxygen atoms in total. The van der Waals surface area contributed by atoms with Gasteiger partial charge in [0.15, 0.2) is 0 Å². The van der Waals surface area contributed by atoms with E-state index in [1.807, 2.05) is 24.3 Å². The van der Waals surface area contributed by atoms with Gasteiger partial charge in [-0.05, 0) is 24.5 Å². The van der Waals surface area contributed by atoms with Crippen LogP contribution in [0, 0.1) is 0 Å². The van der Waals surface area contributed by atoms with Crippen LogP contribution in [-0.2, 0) is 0 Å². The predicted molar refractivity (Wildman–Crippen MR) is 71.5 cm³/mol. The third kappa shape index (κ3) is 3.44. The molecule has 0 heterocycles. The van der Waals surface area contributed by atoms with Gasteiger partial charge in [-0.15, -0.1) is 0 Å². The Bertz CT molecular complexity index is 350. The number of aliphatic hydroxyl groups excluding tert-OH is 1. The molecule has 3 heteroatoms. The van der Waals surface area contributed by atoms with Crippen molar-refractivity contribution in [2.45, 2.75) is 37.6 Å². The van der Waals surface area contributed by atoms with Crippen molar-refractivity contribution < 1.29 is 5.11 Å². The maximum absolute atomic E-state index is 9.48. The zero-order valence-electron chi connectivity index (χ0n) is 10.0. The zero-order valence-corrected chi connectivity index (χ0v) is 10.8. The topological polar surface area (TPSA) is 32.3 Å². The van der Waals surface area contributed by atoms with E-state index in [1.165, 1.54) is 25.7 Å². The van der Waals surface area contributed by atoms with Crippen LogP contribution >= 0.6 is 11.6 Å². The number of rotatable bonds is 5. The fourth-order valence-electron chi connectivity index (χ4n) is 2.52. The van der Waals surface area contributed by atoms with Crippen LogP contribution in [-0.4, -0.2) is 24.3 Å². The summed E-state index contributed by atoms with van der Waals surface area (Å²) in [5.74, 6) is 0.101. The molecule has 94 valence electrons.